The van der Waals surface area contributed by atoms with Crippen LogP contribution in [0.4, 0.5) is 0 Å². The van der Waals surface area contributed by atoms with Gasteiger partial charge in [0.05, 0.1) is 11.7 Å². The van der Waals surface area contributed by atoms with Gasteiger partial charge in [0.25, 0.3) is 15.9 Å². The van der Waals surface area contributed by atoms with E-state index in [9.17, 15) is 18.0 Å². The van der Waals surface area contributed by atoms with E-state index in [-0.39, 0.29) is 28.0 Å². The van der Waals surface area contributed by atoms with Crippen molar-refractivity contribution in [2.45, 2.75) is 55.8 Å². The Bertz CT molecular complexity index is 910. The number of hydrogen-bond acceptors (Lipinski definition) is 6. The molecule has 0 spiro atoms. The lowest BCUT2D eigenvalue weighted by atomic mass is 9.97. The second kappa shape index (κ2) is 10.2. The Balaban J connectivity index is 1.30. The van der Waals surface area contributed by atoms with Crippen LogP contribution in [0.3, 0.4) is 0 Å². The van der Waals surface area contributed by atoms with Crippen LogP contribution in [0.1, 0.15) is 55.8 Å². The molecule has 1 aromatic heterocycles. The Hall–Kier alpha value is -1.49. The monoisotopic (exact) mass is 483 g/mol. The summed E-state index contributed by atoms with van der Waals surface area (Å²) in [6.07, 6.45) is 5.07. The standard InChI is InChI=1S/C22H33N3O5S2/c1-16-4-8-24(9-5-16)22(27)18-13-20(31-15-18)32(28,29)25-10-6-17(7-11-25)21(26)23-14-19-3-2-12-30-19/h13,15-17,19H,2-12,14H2,1H3,(H,23,26). The van der Waals surface area contributed by atoms with E-state index in [1.54, 1.807) is 5.38 Å². The molecular weight excluding hydrogens is 450 g/mol. The Morgan fingerprint density at radius 2 is 1.84 bits per heavy atom. The van der Waals surface area contributed by atoms with Crippen LogP contribution in [0.2, 0.25) is 0 Å². The van der Waals surface area contributed by atoms with Gasteiger partial charge in [-0.05, 0) is 50.5 Å². The maximum atomic E-state index is 13.1. The van der Waals surface area contributed by atoms with Crippen LogP contribution in [0.15, 0.2) is 15.7 Å². The number of amides is 2. The zero-order chi connectivity index (χ0) is 22.7. The molecule has 3 aliphatic heterocycles. The number of likely N-dealkylation sites (tertiary alicyclic amines) is 1. The van der Waals surface area contributed by atoms with E-state index >= 15 is 0 Å². The molecule has 32 heavy (non-hydrogen) atoms. The summed E-state index contributed by atoms with van der Waals surface area (Å²) in [5, 5.41) is 4.61. The maximum Gasteiger partial charge on any atom is 0.254 e. The Morgan fingerprint density at radius 3 is 2.50 bits per heavy atom. The molecule has 178 valence electrons. The quantitative estimate of drug-likeness (QED) is 0.670. The van der Waals surface area contributed by atoms with Crippen molar-refractivity contribution in [2.24, 2.45) is 11.8 Å². The zero-order valence-corrected chi connectivity index (χ0v) is 20.3. The molecule has 8 nitrogen and oxygen atoms in total. The minimum Gasteiger partial charge on any atom is -0.376 e. The van der Waals surface area contributed by atoms with Crippen molar-refractivity contribution in [1.82, 2.24) is 14.5 Å². The van der Waals surface area contributed by atoms with Gasteiger partial charge in [-0.2, -0.15) is 4.31 Å². The highest BCUT2D eigenvalue weighted by atomic mass is 32.2. The Kier molecular flexibility index (Phi) is 7.54. The number of piperidine rings is 2. The molecule has 4 heterocycles. The summed E-state index contributed by atoms with van der Waals surface area (Å²) in [4.78, 5) is 27.0. The van der Waals surface area contributed by atoms with Crippen LogP contribution < -0.4 is 5.32 Å². The number of carbonyl (C=O) groups is 2. The number of sulfonamides is 1. The average molecular weight is 484 g/mol. The predicted molar refractivity (Wildman–Crippen MR) is 122 cm³/mol. The minimum absolute atomic E-state index is 0.0163. The third-order valence-electron chi connectivity index (χ3n) is 6.84. The van der Waals surface area contributed by atoms with Gasteiger partial charge >= 0.3 is 0 Å². The molecule has 0 aromatic carbocycles. The van der Waals surface area contributed by atoms with Gasteiger partial charge in [-0.1, -0.05) is 6.92 Å². The number of nitrogens with zero attached hydrogens (tertiary/aromatic N) is 2. The maximum absolute atomic E-state index is 13.1. The van der Waals surface area contributed by atoms with Crippen molar-refractivity contribution < 1.29 is 22.7 Å². The third kappa shape index (κ3) is 5.35. The second-order valence-electron chi connectivity index (χ2n) is 9.19. The number of thiophene rings is 1. The topological polar surface area (TPSA) is 96.0 Å². The van der Waals surface area contributed by atoms with E-state index in [0.29, 0.717) is 44.0 Å². The number of hydrogen-bond donors (Lipinski definition) is 1. The molecule has 1 N–H and O–H groups in total. The highest BCUT2D eigenvalue weighted by Gasteiger charge is 2.34. The van der Waals surface area contributed by atoms with Gasteiger partial charge in [0.15, 0.2) is 0 Å². The summed E-state index contributed by atoms with van der Waals surface area (Å²) in [5.41, 5.74) is 0.450. The van der Waals surface area contributed by atoms with Gasteiger partial charge < -0.3 is 15.0 Å². The molecule has 3 aliphatic rings. The second-order valence-corrected chi connectivity index (χ2v) is 12.3. The minimum atomic E-state index is -3.66. The SMILES string of the molecule is CC1CCN(C(=O)c2csc(S(=O)(=O)N3CCC(C(=O)NCC4CCCO4)CC3)c2)CC1. The van der Waals surface area contributed by atoms with Crippen molar-refractivity contribution in [3.05, 3.63) is 17.0 Å². The summed E-state index contributed by atoms with van der Waals surface area (Å²) in [7, 11) is -3.66. The van der Waals surface area contributed by atoms with Gasteiger partial charge in [-0.25, -0.2) is 8.42 Å². The van der Waals surface area contributed by atoms with E-state index in [1.807, 2.05) is 4.90 Å². The number of rotatable bonds is 6. The van der Waals surface area contributed by atoms with Crippen LogP contribution in [-0.2, 0) is 19.6 Å². The molecule has 2 amide bonds. The fraction of sp³-hybridized carbons (Fsp3) is 0.727. The molecule has 0 bridgehead atoms. The van der Waals surface area contributed by atoms with Crippen molar-refractivity contribution in [1.29, 1.82) is 0 Å². The lowest BCUT2D eigenvalue weighted by Gasteiger charge is -2.30. The molecule has 3 fully saturated rings. The average Bonchev–Trinajstić information content (AvgIpc) is 3.50. The highest BCUT2D eigenvalue weighted by Crippen LogP contribution is 2.29. The van der Waals surface area contributed by atoms with Crippen molar-refractivity contribution in [3.8, 4) is 0 Å². The van der Waals surface area contributed by atoms with Crippen molar-refractivity contribution in [2.75, 3.05) is 39.3 Å². The first-order chi connectivity index (χ1) is 15.3. The summed E-state index contributed by atoms with van der Waals surface area (Å²) >= 11 is 1.10. The van der Waals surface area contributed by atoms with Crippen molar-refractivity contribution in [3.63, 3.8) is 0 Å². The van der Waals surface area contributed by atoms with E-state index < -0.39 is 10.0 Å². The largest absolute Gasteiger partial charge is 0.376 e. The van der Waals surface area contributed by atoms with E-state index in [2.05, 4.69) is 12.2 Å². The molecule has 10 heteroatoms. The fourth-order valence-corrected chi connectivity index (χ4v) is 7.38. The van der Waals surface area contributed by atoms with Crippen LogP contribution >= 0.6 is 11.3 Å². The molecular formula is C22H33N3O5S2. The number of carbonyl (C=O) groups excluding carboxylic acids is 2. The van der Waals surface area contributed by atoms with Crippen molar-refractivity contribution >= 4 is 33.2 Å². The van der Waals surface area contributed by atoms with E-state index in [4.69, 9.17) is 4.74 Å². The first-order valence-electron chi connectivity index (χ1n) is 11.6. The van der Waals surface area contributed by atoms with Gasteiger partial charge in [0, 0.05) is 50.6 Å². The van der Waals surface area contributed by atoms with E-state index in [1.165, 1.54) is 10.4 Å². The Morgan fingerprint density at radius 1 is 1.12 bits per heavy atom. The lowest BCUT2D eigenvalue weighted by molar-refractivity contribution is -0.126. The summed E-state index contributed by atoms with van der Waals surface area (Å²) in [5.74, 6) is 0.344. The van der Waals surface area contributed by atoms with Gasteiger partial charge in [0.2, 0.25) is 5.91 Å². The molecule has 1 unspecified atom stereocenters. The van der Waals surface area contributed by atoms with Gasteiger partial charge in [-0.15, -0.1) is 11.3 Å². The predicted octanol–water partition coefficient (Wildman–Crippen LogP) is 2.32. The van der Waals surface area contributed by atoms with Crippen LogP contribution in [-0.4, -0.2) is 74.9 Å². The van der Waals surface area contributed by atoms with E-state index in [0.717, 1.165) is 56.7 Å². The molecule has 4 rings (SSSR count). The molecule has 0 aliphatic carbocycles. The summed E-state index contributed by atoms with van der Waals surface area (Å²) in [6, 6.07) is 1.51. The van der Waals surface area contributed by atoms with Crippen LogP contribution in [0.25, 0.3) is 0 Å². The molecule has 0 radical (unpaired) electrons. The molecule has 0 saturated carbocycles. The number of nitrogens with one attached hydrogen (secondary N) is 1. The zero-order valence-electron chi connectivity index (χ0n) is 18.6. The normalized spacial score (nSPS) is 24.0. The third-order valence-corrected chi connectivity index (χ3v) is 10.2. The highest BCUT2D eigenvalue weighted by molar-refractivity contribution is 7.91. The summed E-state index contributed by atoms with van der Waals surface area (Å²) in [6.45, 7) is 5.54. The smallest absolute Gasteiger partial charge is 0.254 e. The van der Waals surface area contributed by atoms with Gasteiger partial charge in [-0.3, -0.25) is 9.59 Å². The molecule has 1 atom stereocenters. The summed E-state index contributed by atoms with van der Waals surface area (Å²) < 4.78 is 33.4. The lowest BCUT2D eigenvalue weighted by Crippen LogP contribution is -2.44. The Labute approximate surface area is 194 Å². The first kappa shape index (κ1) is 23.7. The van der Waals surface area contributed by atoms with Crippen LogP contribution in [0, 0.1) is 11.8 Å². The van der Waals surface area contributed by atoms with Gasteiger partial charge in [0.1, 0.15) is 4.21 Å². The number of ether oxygens (including phenoxy) is 1. The molecule has 1 aromatic rings. The van der Waals surface area contributed by atoms with Crippen LogP contribution in [0.5, 0.6) is 0 Å². The molecule has 3 saturated heterocycles. The fourth-order valence-electron chi connectivity index (χ4n) is 4.61. The first-order valence-corrected chi connectivity index (χ1v) is 13.9.